The lowest BCUT2D eigenvalue weighted by molar-refractivity contribution is 0.119. The molecular formula is C16H28N2. The largest absolute Gasteiger partial charge is 0.314 e. The van der Waals surface area contributed by atoms with Crippen LogP contribution in [0.4, 0.5) is 0 Å². The number of hydrogen-bond donors (Lipinski definition) is 1. The molecule has 1 N–H and O–H groups in total. The summed E-state index contributed by atoms with van der Waals surface area (Å²) in [5, 5.41) is 3.67. The SMILES string of the molecule is CCNC1CC2CCC(C1)N2CCC1=CCCC1. The molecular weight excluding hydrogens is 220 g/mol. The molecule has 2 fully saturated rings. The first-order valence-electron chi connectivity index (χ1n) is 8.04. The summed E-state index contributed by atoms with van der Waals surface area (Å²) >= 11 is 0. The number of nitrogens with zero attached hydrogens (tertiary/aromatic N) is 1. The van der Waals surface area contributed by atoms with E-state index in [0.29, 0.717) is 0 Å². The molecule has 0 aromatic carbocycles. The number of piperidine rings is 1. The lowest BCUT2D eigenvalue weighted by Crippen LogP contribution is -2.49. The van der Waals surface area contributed by atoms with Gasteiger partial charge in [-0.05, 0) is 57.9 Å². The van der Waals surface area contributed by atoms with Crippen LogP contribution in [0.5, 0.6) is 0 Å². The molecule has 0 aromatic rings. The highest BCUT2D eigenvalue weighted by molar-refractivity contribution is 5.08. The fraction of sp³-hybridized carbons (Fsp3) is 0.875. The summed E-state index contributed by atoms with van der Waals surface area (Å²) in [5.41, 5.74) is 1.74. The van der Waals surface area contributed by atoms with Gasteiger partial charge in [0.05, 0.1) is 0 Å². The molecule has 2 aliphatic heterocycles. The average molecular weight is 248 g/mol. The van der Waals surface area contributed by atoms with Crippen LogP contribution in [0.25, 0.3) is 0 Å². The van der Waals surface area contributed by atoms with Gasteiger partial charge in [0.25, 0.3) is 0 Å². The van der Waals surface area contributed by atoms with Crippen LogP contribution < -0.4 is 5.32 Å². The van der Waals surface area contributed by atoms with Crippen molar-refractivity contribution in [1.29, 1.82) is 0 Å². The van der Waals surface area contributed by atoms with Gasteiger partial charge in [-0.3, -0.25) is 4.90 Å². The Kier molecular flexibility index (Phi) is 4.05. The first-order chi connectivity index (χ1) is 8.86. The van der Waals surface area contributed by atoms with Gasteiger partial charge >= 0.3 is 0 Å². The van der Waals surface area contributed by atoms with E-state index in [1.165, 1.54) is 57.9 Å². The zero-order valence-electron chi connectivity index (χ0n) is 11.8. The summed E-state index contributed by atoms with van der Waals surface area (Å²) in [7, 11) is 0. The van der Waals surface area contributed by atoms with Crippen LogP contribution in [0.2, 0.25) is 0 Å². The third-order valence-corrected chi connectivity index (χ3v) is 5.20. The molecule has 102 valence electrons. The highest BCUT2D eigenvalue weighted by atomic mass is 15.2. The molecule has 3 aliphatic rings. The predicted molar refractivity (Wildman–Crippen MR) is 76.8 cm³/mol. The Labute approximate surface area is 112 Å². The second-order valence-corrected chi connectivity index (χ2v) is 6.35. The third kappa shape index (κ3) is 2.65. The fourth-order valence-electron chi connectivity index (χ4n) is 4.33. The maximum absolute atomic E-state index is 3.67. The Morgan fingerprint density at radius 1 is 1.28 bits per heavy atom. The van der Waals surface area contributed by atoms with E-state index in [2.05, 4.69) is 23.2 Å². The van der Waals surface area contributed by atoms with Gasteiger partial charge in [0.1, 0.15) is 0 Å². The molecule has 3 rings (SSSR count). The number of rotatable bonds is 5. The minimum atomic E-state index is 0.800. The van der Waals surface area contributed by atoms with Gasteiger partial charge in [0, 0.05) is 24.7 Å². The predicted octanol–water partition coefficient (Wildman–Crippen LogP) is 3.09. The zero-order chi connectivity index (χ0) is 12.4. The van der Waals surface area contributed by atoms with Crippen LogP contribution in [0.3, 0.4) is 0 Å². The Balaban J connectivity index is 1.52. The van der Waals surface area contributed by atoms with Crippen LogP contribution in [0.15, 0.2) is 11.6 Å². The van der Waals surface area contributed by atoms with Gasteiger partial charge in [-0.15, -0.1) is 0 Å². The molecule has 2 heteroatoms. The van der Waals surface area contributed by atoms with Gasteiger partial charge < -0.3 is 5.32 Å². The van der Waals surface area contributed by atoms with E-state index in [1.807, 2.05) is 0 Å². The first kappa shape index (κ1) is 12.7. The second kappa shape index (κ2) is 5.75. The molecule has 0 radical (unpaired) electrons. The van der Waals surface area contributed by atoms with Gasteiger partial charge in [-0.25, -0.2) is 0 Å². The van der Waals surface area contributed by atoms with E-state index in [-0.39, 0.29) is 0 Å². The third-order valence-electron chi connectivity index (χ3n) is 5.20. The quantitative estimate of drug-likeness (QED) is 0.752. The number of nitrogens with one attached hydrogen (secondary N) is 1. The molecule has 2 heterocycles. The van der Waals surface area contributed by atoms with Crippen molar-refractivity contribution < 1.29 is 0 Å². The van der Waals surface area contributed by atoms with Crippen molar-refractivity contribution in [1.82, 2.24) is 10.2 Å². The normalized spacial score (nSPS) is 36.1. The molecule has 18 heavy (non-hydrogen) atoms. The Morgan fingerprint density at radius 3 is 2.67 bits per heavy atom. The lowest BCUT2D eigenvalue weighted by atomic mass is 9.96. The summed E-state index contributed by atoms with van der Waals surface area (Å²) in [5.74, 6) is 0. The smallest absolute Gasteiger partial charge is 0.0114 e. The van der Waals surface area contributed by atoms with E-state index >= 15 is 0 Å². The van der Waals surface area contributed by atoms with Crippen molar-refractivity contribution >= 4 is 0 Å². The van der Waals surface area contributed by atoms with Crippen molar-refractivity contribution in [2.24, 2.45) is 0 Å². The molecule has 0 amide bonds. The van der Waals surface area contributed by atoms with Crippen molar-refractivity contribution in [3.63, 3.8) is 0 Å². The molecule has 2 atom stereocenters. The van der Waals surface area contributed by atoms with E-state index in [1.54, 1.807) is 5.57 Å². The van der Waals surface area contributed by atoms with Crippen molar-refractivity contribution in [3.8, 4) is 0 Å². The summed E-state index contributed by atoms with van der Waals surface area (Å²) in [4.78, 5) is 2.84. The lowest BCUT2D eigenvalue weighted by Gasteiger charge is -2.39. The summed E-state index contributed by atoms with van der Waals surface area (Å²) < 4.78 is 0. The minimum Gasteiger partial charge on any atom is -0.314 e. The van der Waals surface area contributed by atoms with Crippen molar-refractivity contribution in [2.45, 2.75) is 76.4 Å². The van der Waals surface area contributed by atoms with Crippen molar-refractivity contribution in [2.75, 3.05) is 13.1 Å². The van der Waals surface area contributed by atoms with Gasteiger partial charge in [-0.1, -0.05) is 18.6 Å². The highest BCUT2D eigenvalue weighted by Gasteiger charge is 2.39. The molecule has 2 saturated heterocycles. The number of fused-ring (bicyclic) bond motifs is 2. The van der Waals surface area contributed by atoms with Crippen LogP contribution in [0.1, 0.15) is 58.3 Å². The molecule has 2 nitrogen and oxygen atoms in total. The summed E-state index contributed by atoms with van der Waals surface area (Å²) in [6.07, 6.45) is 13.6. The Bertz CT molecular complexity index is 296. The van der Waals surface area contributed by atoms with E-state index in [9.17, 15) is 0 Å². The Morgan fingerprint density at radius 2 is 2.06 bits per heavy atom. The van der Waals surface area contributed by atoms with E-state index in [4.69, 9.17) is 0 Å². The maximum Gasteiger partial charge on any atom is 0.0114 e. The second-order valence-electron chi connectivity index (χ2n) is 6.35. The topological polar surface area (TPSA) is 15.3 Å². The van der Waals surface area contributed by atoms with Crippen LogP contribution in [-0.2, 0) is 0 Å². The molecule has 0 saturated carbocycles. The van der Waals surface area contributed by atoms with Crippen molar-refractivity contribution in [3.05, 3.63) is 11.6 Å². The summed E-state index contributed by atoms with van der Waals surface area (Å²) in [6.45, 7) is 4.71. The van der Waals surface area contributed by atoms with Crippen LogP contribution in [0, 0.1) is 0 Å². The monoisotopic (exact) mass is 248 g/mol. The van der Waals surface area contributed by atoms with Crippen LogP contribution >= 0.6 is 0 Å². The molecule has 0 aromatic heterocycles. The molecule has 2 bridgehead atoms. The highest BCUT2D eigenvalue weighted by Crippen LogP contribution is 2.36. The van der Waals surface area contributed by atoms with Gasteiger partial charge in [0.2, 0.25) is 0 Å². The fourth-order valence-corrected chi connectivity index (χ4v) is 4.33. The maximum atomic E-state index is 3.67. The minimum absolute atomic E-state index is 0.800. The molecule has 1 aliphatic carbocycles. The zero-order valence-corrected chi connectivity index (χ0v) is 11.8. The number of allylic oxidation sites excluding steroid dienone is 1. The van der Waals surface area contributed by atoms with Gasteiger partial charge in [-0.2, -0.15) is 0 Å². The van der Waals surface area contributed by atoms with Crippen LogP contribution in [-0.4, -0.2) is 36.1 Å². The standard InChI is InChI=1S/C16H28N2/c1-2-17-14-11-15-7-8-16(12-14)18(15)10-9-13-5-3-4-6-13/h5,14-17H,2-4,6-12H2,1H3. The Hall–Kier alpha value is -0.340. The van der Waals surface area contributed by atoms with E-state index in [0.717, 1.165) is 24.7 Å². The average Bonchev–Trinajstić information content (AvgIpc) is 2.94. The summed E-state index contributed by atoms with van der Waals surface area (Å²) in [6, 6.07) is 2.57. The van der Waals surface area contributed by atoms with Gasteiger partial charge in [0.15, 0.2) is 0 Å². The molecule has 2 unspecified atom stereocenters. The van der Waals surface area contributed by atoms with E-state index < -0.39 is 0 Å². The number of hydrogen-bond acceptors (Lipinski definition) is 2. The first-order valence-corrected chi connectivity index (χ1v) is 8.04. The molecule has 0 spiro atoms.